The van der Waals surface area contributed by atoms with Crippen molar-refractivity contribution in [2.75, 3.05) is 6.54 Å². The van der Waals surface area contributed by atoms with E-state index in [4.69, 9.17) is 9.97 Å². The fraction of sp³-hybridized carbons (Fsp3) is 0.381. The average molecular weight is 365 g/mol. The minimum absolute atomic E-state index is 0.930. The number of aryl methyl sites for hydroxylation is 2. The Kier molecular flexibility index (Phi) is 5.09. The van der Waals surface area contributed by atoms with Crippen LogP contribution in [0, 0.1) is 6.92 Å². The molecule has 4 nitrogen and oxygen atoms in total. The molecule has 26 heavy (non-hydrogen) atoms. The first-order valence-electron chi connectivity index (χ1n) is 9.30. The lowest BCUT2D eigenvalue weighted by atomic mass is 10.1. The van der Waals surface area contributed by atoms with Gasteiger partial charge in [0.25, 0.3) is 0 Å². The fourth-order valence-electron chi connectivity index (χ4n) is 3.38. The molecule has 0 radical (unpaired) electrons. The molecule has 0 unspecified atom stereocenters. The molecule has 0 amide bonds. The van der Waals surface area contributed by atoms with Gasteiger partial charge in [-0.2, -0.15) is 0 Å². The van der Waals surface area contributed by atoms with Gasteiger partial charge in [-0.15, -0.1) is 11.3 Å². The van der Waals surface area contributed by atoms with Gasteiger partial charge in [0.05, 0.1) is 5.69 Å². The summed E-state index contributed by atoms with van der Waals surface area (Å²) in [6.45, 7) is 7.22. The Morgan fingerprint density at radius 1 is 1.15 bits per heavy atom. The summed E-state index contributed by atoms with van der Waals surface area (Å²) in [5.41, 5.74) is 4.87. The van der Waals surface area contributed by atoms with Gasteiger partial charge in [-0.3, -0.25) is 4.90 Å². The molecule has 0 N–H and O–H groups in total. The molecule has 0 fully saturated rings. The van der Waals surface area contributed by atoms with E-state index in [1.807, 2.05) is 23.6 Å². The summed E-state index contributed by atoms with van der Waals surface area (Å²) in [6, 6.07) is 10.4. The van der Waals surface area contributed by atoms with E-state index in [0.717, 1.165) is 55.4 Å². The van der Waals surface area contributed by atoms with Crippen molar-refractivity contribution in [3.8, 4) is 10.6 Å². The molecule has 0 atom stereocenters. The quantitative estimate of drug-likeness (QED) is 0.672. The second kappa shape index (κ2) is 7.64. The highest BCUT2D eigenvalue weighted by molar-refractivity contribution is 7.15. The zero-order chi connectivity index (χ0) is 17.9. The summed E-state index contributed by atoms with van der Waals surface area (Å²) >= 11 is 1.81. The maximum Gasteiger partial charge on any atom is 0.128 e. The minimum Gasteiger partial charge on any atom is -0.293 e. The van der Waals surface area contributed by atoms with Crippen molar-refractivity contribution in [2.45, 2.75) is 46.2 Å². The number of nitrogens with zero attached hydrogens (tertiary/aromatic N) is 4. The summed E-state index contributed by atoms with van der Waals surface area (Å²) < 4.78 is 0. The molecule has 1 aliphatic heterocycles. The number of aromatic nitrogens is 3. The van der Waals surface area contributed by atoms with Gasteiger partial charge in [0.15, 0.2) is 0 Å². The van der Waals surface area contributed by atoms with Crippen molar-refractivity contribution in [3.05, 3.63) is 64.2 Å². The highest BCUT2D eigenvalue weighted by Gasteiger charge is 2.20. The van der Waals surface area contributed by atoms with Crippen LogP contribution in [0.25, 0.3) is 10.6 Å². The molecule has 3 aromatic rings. The summed E-state index contributed by atoms with van der Waals surface area (Å²) in [6.07, 6.45) is 5.12. The van der Waals surface area contributed by atoms with E-state index in [1.54, 1.807) is 0 Å². The van der Waals surface area contributed by atoms with Crippen LogP contribution in [0.4, 0.5) is 0 Å². The smallest absolute Gasteiger partial charge is 0.128 e. The Hall–Kier alpha value is -2.11. The van der Waals surface area contributed by atoms with Gasteiger partial charge in [-0.05, 0) is 13.3 Å². The van der Waals surface area contributed by atoms with Gasteiger partial charge in [0.2, 0.25) is 0 Å². The molecule has 1 aromatic carbocycles. The summed E-state index contributed by atoms with van der Waals surface area (Å²) in [5, 5.41) is 1.11. The number of rotatable bonds is 5. The Balaban J connectivity index is 1.48. The first kappa shape index (κ1) is 17.3. The Bertz CT molecular complexity index is 888. The van der Waals surface area contributed by atoms with Crippen molar-refractivity contribution in [2.24, 2.45) is 0 Å². The van der Waals surface area contributed by atoms with Crippen molar-refractivity contribution in [1.29, 1.82) is 0 Å². The third-order valence-electron chi connectivity index (χ3n) is 4.82. The van der Waals surface area contributed by atoms with Gasteiger partial charge < -0.3 is 0 Å². The van der Waals surface area contributed by atoms with E-state index < -0.39 is 0 Å². The van der Waals surface area contributed by atoms with Gasteiger partial charge >= 0.3 is 0 Å². The second-order valence-electron chi connectivity index (χ2n) is 6.86. The van der Waals surface area contributed by atoms with E-state index in [-0.39, 0.29) is 0 Å². The van der Waals surface area contributed by atoms with E-state index >= 15 is 0 Å². The zero-order valence-electron chi connectivity index (χ0n) is 15.4. The van der Waals surface area contributed by atoms with Gasteiger partial charge in [0, 0.05) is 60.4 Å². The van der Waals surface area contributed by atoms with Crippen LogP contribution in [-0.2, 0) is 25.9 Å². The van der Waals surface area contributed by atoms with Gasteiger partial charge in [-0.25, -0.2) is 15.0 Å². The van der Waals surface area contributed by atoms with E-state index in [0.29, 0.717) is 0 Å². The van der Waals surface area contributed by atoms with Gasteiger partial charge in [0.1, 0.15) is 10.8 Å². The first-order valence-corrected chi connectivity index (χ1v) is 10.1. The molecule has 3 heterocycles. The molecule has 0 aliphatic carbocycles. The lowest BCUT2D eigenvalue weighted by molar-refractivity contribution is 0.244. The lowest BCUT2D eigenvalue weighted by Crippen LogP contribution is -2.31. The van der Waals surface area contributed by atoms with E-state index in [9.17, 15) is 0 Å². The molecule has 134 valence electrons. The average Bonchev–Trinajstić information content (AvgIpc) is 3.03. The number of hydrogen-bond acceptors (Lipinski definition) is 5. The molecule has 4 rings (SSSR count). The standard InChI is InChI=1S/C21H24N4S/c1-3-7-20-22-12-17-13-25(11-10-18(17)24-20)14-19-15(2)23-21(26-19)16-8-5-4-6-9-16/h4-6,8-9,12H,3,7,10-11,13-14H2,1-2H3. The number of thiazole rings is 1. The summed E-state index contributed by atoms with van der Waals surface area (Å²) in [4.78, 5) is 17.9. The van der Waals surface area contributed by atoms with Crippen LogP contribution in [0.1, 0.15) is 41.0 Å². The SMILES string of the molecule is CCCc1ncc2c(n1)CCN(Cc1sc(-c3ccccc3)nc1C)C2. The van der Waals surface area contributed by atoms with Crippen molar-refractivity contribution >= 4 is 11.3 Å². The Morgan fingerprint density at radius 2 is 2.00 bits per heavy atom. The van der Waals surface area contributed by atoms with Crippen molar-refractivity contribution < 1.29 is 0 Å². The minimum atomic E-state index is 0.930. The van der Waals surface area contributed by atoms with E-state index in [2.05, 4.69) is 48.0 Å². The summed E-state index contributed by atoms with van der Waals surface area (Å²) in [7, 11) is 0. The molecular weight excluding hydrogens is 340 g/mol. The molecular formula is C21H24N4S. The normalized spacial score (nSPS) is 14.4. The number of hydrogen-bond donors (Lipinski definition) is 0. The predicted octanol–water partition coefficient (Wildman–Crippen LogP) is 4.42. The van der Waals surface area contributed by atoms with Crippen LogP contribution in [0.5, 0.6) is 0 Å². The van der Waals surface area contributed by atoms with Crippen LogP contribution in [0.2, 0.25) is 0 Å². The Labute approximate surface area is 159 Å². The zero-order valence-corrected chi connectivity index (χ0v) is 16.2. The molecule has 1 aliphatic rings. The Morgan fingerprint density at radius 3 is 2.81 bits per heavy atom. The maximum absolute atomic E-state index is 4.79. The third-order valence-corrected chi connectivity index (χ3v) is 6.01. The largest absolute Gasteiger partial charge is 0.293 e. The number of fused-ring (bicyclic) bond motifs is 1. The highest BCUT2D eigenvalue weighted by atomic mass is 32.1. The third kappa shape index (κ3) is 3.69. The maximum atomic E-state index is 4.79. The second-order valence-corrected chi connectivity index (χ2v) is 7.95. The van der Waals surface area contributed by atoms with Crippen LogP contribution < -0.4 is 0 Å². The van der Waals surface area contributed by atoms with Crippen LogP contribution in [-0.4, -0.2) is 26.4 Å². The number of benzene rings is 1. The fourth-order valence-corrected chi connectivity index (χ4v) is 4.49. The van der Waals surface area contributed by atoms with Crippen molar-refractivity contribution in [1.82, 2.24) is 19.9 Å². The van der Waals surface area contributed by atoms with Crippen molar-refractivity contribution in [3.63, 3.8) is 0 Å². The van der Waals surface area contributed by atoms with Crippen LogP contribution in [0.15, 0.2) is 36.5 Å². The van der Waals surface area contributed by atoms with Crippen LogP contribution >= 0.6 is 11.3 Å². The lowest BCUT2D eigenvalue weighted by Gasteiger charge is -2.27. The van der Waals surface area contributed by atoms with Crippen LogP contribution in [0.3, 0.4) is 0 Å². The molecule has 5 heteroatoms. The van der Waals surface area contributed by atoms with Gasteiger partial charge in [-0.1, -0.05) is 37.3 Å². The predicted molar refractivity (Wildman–Crippen MR) is 106 cm³/mol. The molecule has 0 saturated heterocycles. The highest BCUT2D eigenvalue weighted by Crippen LogP contribution is 2.29. The molecule has 0 bridgehead atoms. The summed E-state index contributed by atoms with van der Waals surface area (Å²) in [5.74, 6) is 0.991. The van der Waals surface area contributed by atoms with E-state index in [1.165, 1.54) is 21.7 Å². The monoisotopic (exact) mass is 364 g/mol. The first-order chi connectivity index (χ1) is 12.7. The topological polar surface area (TPSA) is 41.9 Å². The molecule has 2 aromatic heterocycles. The molecule has 0 saturated carbocycles. The molecule has 0 spiro atoms.